The highest BCUT2D eigenvalue weighted by atomic mass is 32.1. The Morgan fingerprint density at radius 3 is 2.70 bits per heavy atom. The van der Waals surface area contributed by atoms with E-state index in [1.807, 2.05) is 33.9 Å². The molecule has 120 valence electrons. The molecule has 4 rings (SSSR count). The normalized spacial score (nSPS) is 17.5. The van der Waals surface area contributed by atoms with E-state index < -0.39 is 0 Å². The number of hydrogen-bond acceptors (Lipinski definition) is 5. The highest BCUT2D eigenvalue weighted by molar-refractivity contribution is 7.08. The van der Waals surface area contributed by atoms with E-state index in [0.29, 0.717) is 6.79 Å². The van der Waals surface area contributed by atoms with E-state index in [0.717, 1.165) is 49.8 Å². The number of fused-ring (bicyclic) bond motifs is 1. The first-order valence-corrected chi connectivity index (χ1v) is 8.66. The van der Waals surface area contributed by atoms with Crippen LogP contribution in [0, 0.1) is 0 Å². The average molecular weight is 330 g/mol. The van der Waals surface area contributed by atoms with Gasteiger partial charge in [-0.15, -0.1) is 0 Å². The van der Waals surface area contributed by atoms with Crippen LogP contribution in [-0.2, 0) is 6.54 Å². The molecule has 2 aliphatic heterocycles. The van der Waals surface area contributed by atoms with Crippen molar-refractivity contribution >= 4 is 17.2 Å². The summed E-state index contributed by atoms with van der Waals surface area (Å²) in [7, 11) is 0. The fourth-order valence-corrected chi connectivity index (χ4v) is 3.61. The van der Waals surface area contributed by atoms with E-state index in [9.17, 15) is 4.79 Å². The van der Waals surface area contributed by atoms with Gasteiger partial charge in [0.2, 0.25) is 6.79 Å². The molecule has 0 spiro atoms. The molecule has 1 amide bonds. The molecule has 5 nitrogen and oxygen atoms in total. The van der Waals surface area contributed by atoms with Crippen molar-refractivity contribution in [3.63, 3.8) is 0 Å². The number of thiophene rings is 1. The van der Waals surface area contributed by atoms with Gasteiger partial charge in [0.1, 0.15) is 0 Å². The molecule has 1 saturated heterocycles. The van der Waals surface area contributed by atoms with Crippen molar-refractivity contribution in [2.24, 2.45) is 0 Å². The van der Waals surface area contributed by atoms with Gasteiger partial charge in [-0.25, -0.2) is 0 Å². The molecule has 1 aromatic carbocycles. The first kappa shape index (κ1) is 14.5. The molecule has 1 fully saturated rings. The van der Waals surface area contributed by atoms with Crippen molar-refractivity contribution in [2.75, 3.05) is 33.0 Å². The third-order valence-electron chi connectivity index (χ3n) is 4.27. The molecule has 0 unspecified atom stereocenters. The van der Waals surface area contributed by atoms with Crippen molar-refractivity contribution in [1.29, 1.82) is 0 Å². The SMILES string of the molecule is O=C(c1ccsc1)N1CCN(Cc2ccc3c(c2)OCO3)CC1. The molecule has 0 N–H and O–H groups in total. The van der Waals surface area contributed by atoms with Gasteiger partial charge in [0.05, 0.1) is 5.56 Å². The van der Waals surface area contributed by atoms with E-state index in [1.54, 1.807) is 11.3 Å². The molecule has 3 heterocycles. The van der Waals surface area contributed by atoms with Crippen molar-refractivity contribution in [1.82, 2.24) is 9.80 Å². The summed E-state index contributed by atoms with van der Waals surface area (Å²) < 4.78 is 10.8. The standard InChI is InChI=1S/C17H18N2O3S/c20-17(14-3-8-23-11-14)19-6-4-18(5-7-19)10-13-1-2-15-16(9-13)22-12-21-15/h1-3,8-9,11H,4-7,10,12H2. The molecule has 2 aliphatic rings. The van der Waals surface area contributed by atoms with Crippen LogP contribution in [0.4, 0.5) is 0 Å². The summed E-state index contributed by atoms with van der Waals surface area (Å²) in [6.07, 6.45) is 0. The molecular weight excluding hydrogens is 312 g/mol. The second-order valence-electron chi connectivity index (χ2n) is 5.77. The third-order valence-corrected chi connectivity index (χ3v) is 4.95. The number of rotatable bonds is 3. The minimum atomic E-state index is 0.147. The maximum atomic E-state index is 12.3. The highest BCUT2D eigenvalue weighted by Gasteiger charge is 2.23. The van der Waals surface area contributed by atoms with E-state index in [4.69, 9.17) is 9.47 Å². The zero-order chi connectivity index (χ0) is 15.6. The van der Waals surface area contributed by atoms with Crippen LogP contribution >= 0.6 is 11.3 Å². The lowest BCUT2D eigenvalue weighted by atomic mass is 10.1. The molecule has 1 aromatic heterocycles. The molecule has 0 bridgehead atoms. The number of nitrogens with zero attached hydrogens (tertiary/aromatic N) is 2. The Hall–Kier alpha value is -2.05. The van der Waals surface area contributed by atoms with Gasteiger partial charge in [-0.3, -0.25) is 9.69 Å². The van der Waals surface area contributed by atoms with Crippen molar-refractivity contribution < 1.29 is 14.3 Å². The number of ether oxygens (including phenoxy) is 2. The first-order valence-electron chi connectivity index (χ1n) is 7.72. The van der Waals surface area contributed by atoms with Crippen LogP contribution in [-0.4, -0.2) is 48.7 Å². The Morgan fingerprint density at radius 2 is 1.91 bits per heavy atom. The fourth-order valence-electron chi connectivity index (χ4n) is 2.98. The van der Waals surface area contributed by atoms with Crippen LogP contribution in [0.3, 0.4) is 0 Å². The van der Waals surface area contributed by atoms with Crippen molar-refractivity contribution in [3.05, 3.63) is 46.2 Å². The monoisotopic (exact) mass is 330 g/mol. The Balaban J connectivity index is 1.34. The van der Waals surface area contributed by atoms with Crippen LogP contribution in [0.15, 0.2) is 35.0 Å². The molecule has 0 aliphatic carbocycles. The predicted octanol–water partition coefficient (Wildman–Crippen LogP) is 2.43. The zero-order valence-corrected chi connectivity index (χ0v) is 13.6. The largest absolute Gasteiger partial charge is 0.454 e. The predicted molar refractivity (Wildman–Crippen MR) is 88.1 cm³/mol. The summed E-state index contributed by atoms with van der Waals surface area (Å²) in [5.41, 5.74) is 2.02. The summed E-state index contributed by atoms with van der Waals surface area (Å²) in [6, 6.07) is 7.99. The van der Waals surface area contributed by atoms with Gasteiger partial charge in [0.15, 0.2) is 11.5 Å². The second-order valence-corrected chi connectivity index (χ2v) is 6.55. The second kappa shape index (κ2) is 6.22. The maximum Gasteiger partial charge on any atom is 0.254 e. The average Bonchev–Trinajstić information content (AvgIpc) is 3.26. The number of hydrogen-bond donors (Lipinski definition) is 0. The van der Waals surface area contributed by atoms with E-state index in [1.165, 1.54) is 5.56 Å². The fraction of sp³-hybridized carbons (Fsp3) is 0.353. The number of piperazine rings is 1. The van der Waals surface area contributed by atoms with Crippen LogP contribution in [0.2, 0.25) is 0 Å². The van der Waals surface area contributed by atoms with Gasteiger partial charge in [-0.05, 0) is 29.1 Å². The summed E-state index contributed by atoms with van der Waals surface area (Å²) in [6.45, 7) is 4.52. The molecule has 0 saturated carbocycles. The van der Waals surface area contributed by atoms with Gasteiger partial charge >= 0.3 is 0 Å². The Bertz CT molecular complexity index is 694. The van der Waals surface area contributed by atoms with Gasteiger partial charge < -0.3 is 14.4 Å². The summed E-state index contributed by atoms with van der Waals surface area (Å²) in [5, 5.41) is 3.87. The third kappa shape index (κ3) is 3.04. The minimum absolute atomic E-state index is 0.147. The van der Waals surface area contributed by atoms with Crippen LogP contribution in [0.5, 0.6) is 11.5 Å². The minimum Gasteiger partial charge on any atom is -0.454 e. The van der Waals surface area contributed by atoms with Crippen LogP contribution in [0.1, 0.15) is 15.9 Å². The lowest BCUT2D eigenvalue weighted by Gasteiger charge is -2.34. The zero-order valence-electron chi connectivity index (χ0n) is 12.7. The topological polar surface area (TPSA) is 42.0 Å². The smallest absolute Gasteiger partial charge is 0.254 e. The summed E-state index contributed by atoms with van der Waals surface area (Å²) in [5.74, 6) is 1.79. The molecule has 6 heteroatoms. The number of benzene rings is 1. The van der Waals surface area contributed by atoms with Gasteiger partial charge in [0, 0.05) is 38.1 Å². The Morgan fingerprint density at radius 1 is 1.09 bits per heavy atom. The first-order chi connectivity index (χ1) is 11.3. The number of carbonyl (C=O) groups is 1. The molecular formula is C17H18N2O3S. The van der Waals surface area contributed by atoms with E-state index in [2.05, 4.69) is 11.0 Å². The maximum absolute atomic E-state index is 12.3. The lowest BCUT2D eigenvalue weighted by molar-refractivity contribution is 0.0629. The van der Waals surface area contributed by atoms with Gasteiger partial charge in [0.25, 0.3) is 5.91 Å². The molecule has 2 aromatic rings. The van der Waals surface area contributed by atoms with Crippen molar-refractivity contribution in [2.45, 2.75) is 6.54 Å². The molecule has 0 radical (unpaired) electrons. The van der Waals surface area contributed by atoms with E-state index >= 15 is 0 Å². The Labute approximate surface area is 139 Å². The Kier molecular flexibility index (Phi) is 3.93. The lowest BCUT2D eigenvalue weighted by Crippen LogP contribution is -2.48. The molecule has 0 atom stereocenters. The van der Waals surface area contributed by atoms with Gasteiger partial charge in [-0.1, -0.05) is 6.07 Å². The molecule has 23 heavy (non-hydrogen) atoms. The number of amides is 1. The van der Waals surface area contributed by atoms with E-state index in [-0.39, 0.29) is 5.91 Å². The van der Waals surface area contributed by atoms with Crippen LogP contribution in [0.25, 0.3) is 0 Å². The van der Waals surface area contributed by atoms with Crippen LogP contribution < -0.4 is 9.47 Å². The van der Waals surface area contributed by atoms with Crippen molar-refractivity contribution in [3.8, 4) is 11.5 Å². The van der Waals surface area contributed by atoms with Gasteiger partial charge in [-0.2, -0.15) is 11.3 Å². The summed E-state index contributed by atoms with van der Waals surface area (Å²) >= 11 is 1.56. The summed E-state index contributed by atoms with van der Waals surface area (Å²) in [4.78, 5) is 16.7. The number of carbonyl (C=O) groups excluding carboxylic acids is 1. The highest BCUT2D eigenvalue weighted by Crippen LogP contribution is 2.32. The quantitative estimate of drug-likeness (QED) is 0.867.